The smallest absolute Gasteiger partial charge is 0.242 e. The molecule has 1 N–H and O–H groups in total. The summed E-state index contributed by atoms with van der Waals surface area (Å²) >= 11 is 5.95. The van der Waals surface area contributed by atoms with Crippen LogP contribution >= 0.6 is 11.6 Å². The largest absolute Gasteiger partial charge is 0.357 e. The maximum atomic E-state index is 12.7. The maximum Gasteiger partial charge on any atom is 0.242 e. The normalized spacial score (nSPS) is 15.0. The van der Waals surface area contributed by atoms with Crippen LogP contribution in [0.5, 0.6) is 0 Å². The van der Waals surface area contributed by atoms with E-state index < -0.39 is 0 Å². The van der Waals surface area contributed by atoms with Crippen molar-refractivity contribution in [2.75, 3.05) is 32.7 Å². The van der Waals surface area contributed by atoms with Crippen LogP contribution in [0.25, 0.3) is 0 Å². The molecule has 0 unspecified atom stereocenters. The van der Waals surface area contributed by atoms with Crippen molar-refractivity contribution in [3.8, 4) is 0 Å². The third-order valence-electron chi connectivity index (χ3n) is 5.23. The number of aryl methyl sites for hydroxylation is 2. The quantitative estimate of drug-likeness (QED) is 0.397. The third-order valence-corrected chi connectivity index (χ3v) is 5.48. The van der Waals surface area contributed by atoms with E-state index in [2.05, 4.69) is 26.7 Å². The summed E-state index contributed by atoms with van der Waals surface area (Å²) in [5.41, 5.74) is 1.09. The van der Waals surface area contributed by atoms with E-state index >= 15 is 0 Å². The van der Waals surface area contributed by atoms with Gasteiger partial charge in [-0.1, -0.05) is 23.7 Å². The fraction of sp³-hybridized carbons (Fsp3) is 0.500. The highest BCUT2D eigenvalue weighted by molar-refractivity contribution is 6.30. The second-order valence-corrected chi connectivity index (χ2v) is 7.91. The number of carbonyl (C=O) groups excluding carboxylic acids is 1. The molecule has 30 heavy (non-hydrogen) atoms. The number of aliphatic imine (C=N–C) groups is 1. The number of nitrogens with one attached hydrogen (secondary N) is 1. The van der Waals surface area contributed by atoms with Gasteiger partial charge in [-0.05, 0) is 44.4 Å². The zero-order chi connectivity index (χ0) is 21.3. The summed E-state index contributed by atoms with van der Waals surface area (Å²) < 4.78 is 2.16. The molecule has 0 radical (unpaired) electrons. The Morgan fingerprint density at radius 2 is 2.03 bits per heavy atom. The van der Waals surface area contributed by atoms with E-state index in [1.807, 2.05) is 48.5 Å². The van der Waals surface area contributed by atoms with Crippen LogP contribution in [0.3, 0.4) is 0 Å². The lowest BCUT2D eigenvalue weighted by atomic mass is 10.2. The molecule has 8 heteroatoms. The van der Waals surface area contributed by atoms with Crippen molar-refractivity contribution >= 4 is 23.5 Å². The van der Waals surface area contributed by atoms with Crippen molar-refractivity contribution in [3.05, 3.63) is 53.1 Å². The number of rotatable bonds is 8. The Hall–Kier alpha value is -2.54. The SMILES string of the molecule is CCNC(=NCCCCn1ccnc1C)N1CCN(Cc2ccc(Cl)cc2)C(=O)C1. The van der Waals surface area contributed by atoms with E-state index in [-0.39, 0.29) is 5.91 Å². The molecule has 3 rings (SSSR count). The minimum absolute atomic E-state index is 0.123. The van der Waals surface area contributed by atoms with Gasteiger partial charge in [0.2, 0.25) is 5.91 Å². The van der Waals surface area contributed by atoms with Crippen LogP contribution in [0.2, 0.25) is 5.02 Å². The van der Waals surface area contributed by atoms with Crippen molar-refractivity contribution in [3.63, 3.8) is 0 Å². The molecule has 1 aliphatic rings. The fourth-order valence-electron chi connectivity index (χ4n) is 3.51. The molecule has 2 heterocycles. The Labute approximate surface area is 183 Å². The Balaban J connectivity index is 1.48. The van der Waals surface area contributed by atoms with Gasteiger partial charge >= 0.3 is 0 Å². The van der Waals surface area contributed by atoms with Gasteiger partial charge < -0.3 is 19.7 Å². The van der Waals surface area contributed by atoms with Gasteiger partial charge in [-0.15, -0.1) is 0 Å². The fourth-order valence-corrected chi connectivity index (χ4v) is 3.64. The standard InChI is InChI=1S/C22H31ClN6O/c1-3-24-22(26-10-4-5-12-27-13-11-25-18(27)2)29-15-14-28(21(30)17-29)16-19-6-8-20(23)9-7-19/h6-9,11,13H,3-5,10,12,14-17H2,1-2H3,(H,24,26). The topological polar surface area (TPSA) is 65.8 Å². The van der Waals surface area contributed by atoms with E-state index in [0.717, 1.165) is 56.4 Å². The number of halogens is 1. The highest BCUT2D eigenvalue weighted by atomic mass is 35.5. The molecule has 1 aromatic carbocycles. The number of piperazine rings is 1. The highest BCUT2D eigenvalue weighted by Crippen LogP contribution is 2.14. The lowest BCUT2D eigenvalue weighted by molar-refractivity contribution is -0.135. The molecule has 1 aliphatic heterocycles. The molecule has 0 spiro atoms. The van der Waals surface area contributed by atoms with Crippen LogP contribution in [0.15, 0.2) is 41.7 Å². The first-order valence-electron chi connectivity index (χ1n) is 10.6. The number of unbranched alkanes of at least 4 members (excludes halogenated alkanes) is 1. The van der Waals surface area contributed by atoms with Crippen LogP contribution in [0.4, 0.5) is 0 Å². The molecule has 162 valence electrons. The summed E-state index contributed by atoms with van der Waals surface area (Å²) in [6, 6.07) is 7.67. The van der Waals surface area contributed by atoms with E-state index in [4.69, 9.17) is 16.6 Å². The average molecular weight is 431 g/mol. The molecule has 1 saturated heterocycles. The Kier molecular flexibility index (Phi) is 8.13. The molecule has 0 atom stereocenters. The average Bonchev–Trinajstić information content (AvgIpc) is 3.15. The molecule has 0 aliphatic carbocycles. The number of carbonyl (C=O) groups is 1. The maximum absolute atomic E-state index is 12.7. The molecule has 0 bridgehead atoms. The Bertz CT molecular complexity index is 848. The summed E-state index contributed by atoms with van der Waals surface area (Å²) in [4.78, 5) is 25.7. The predicted molar refractivity (Wildman–Crippen MR) is 121 cm³/mol. The van der Waals surface area contributed by atoms with Crippen LogP contribution in [-0.4, -0.2) is 63.9 Å². The number of imidazole rings is 1. The first-order chi connectivity index (χ1) is 14.6. The molecule has 1 aromatic heterocycles. The summed E-state index contributed by atoms with van der Waals surface area (Å²) in [5, 5.41) is 4.04. The van der Waals surface area contributed by atoms with Crippen LogP contribution in [0.1, 0.15) is 31.2 Å². The van der Waals surface area contributed by atoms with Crippen molar-refractivity contribution < 1.29 is 4.79 Å². The van der Waals surface area contributed by atoms with E-state index in [0.29, 0.717) is 24.7 Å². The van der Waals surface area contributed by atoms with Crippen molar-refractivity contribution in [1.82, 2.24) is 24.7 Å². The van der Waals surface area contributed by atoms with Crippen LogP contribution < -0.4 is 5.32 Å². The van der Waals surface area contributed by atoms with Gasteiger partial charge in [0, 0.05) is 56.7 Å². The first kappa shape index (κ1) is 22.2. The van der Waals surface area contributed by atoms with Gasteiger partial charge in [0.15, 0.2) is 5.96 Å². The Morgan fingerprint density at radius 1 is 1.23 bits per heavy atom. The van der Waals surface area contributed by atoms with Crippen LogP contribution in [-0.2, 0) is 17.9 Å². The number of nitrogens with zero attached hydrogens (tertiary/aromatic N) is 5. The van der Waals surface area contributed by atoms with E-state index in [1.165, 1.54) is 0 Å². The molecular formula is C22H31ClN6O. The van der Waals surface area contributed by atoms with Crippen molar-refractivity contribution in [1.29, 1.82) is 0 Å². The zero-order valence-electron chi connectivity index (χ0n) is 17.9. The monoisotopic (exact) mass is 430 g/mol. The summed E-state index contributed by atoms with van der Waals surface area (Å²) in [6.45, 7) is 8.99. The number of guanidine groups is 1. The first-order valence-corrected chi connectivity index (χ1v) is 11.0. The molecule has 1 fully saturated rings. The summed E-state index contributed by atoms with van der Waals surface area (Å²) in [5.74, 6) is 2.00. The second kappa shape index (κ2) is 11.0. The second-order valence-electron chi connectivity index (χ2n) is 7.47. The molecule has 1 amide bonds. The van der Waals surface area contributed by atoms with Gasteiger partial charge in [-0.25, -0.2) is 4.98 Å². The van der Waals surface area contributed by atoms with E-state index in [9.17, 15) is 4.79 Å². The minimum atomic E-state index is 0.123. The lowest BCUT2D eigenvalue weighted by Gasteiger charge is -2.36. The number of aromatic nitrogens is 2. The number of benzene rings is 1. The highest BCUT2D eigenvalue weighted by Gasteiger charge is 2.25. The van der Waals surface area contributed by atoms with Crippen molar-refractivity contribution in [2.24, 2.45) is 4.99 Å². The summed E-state index contributed by atoms with van der Waals surface area (Å²) in [7, 11) is 0. The van der Waals surface area contributed by atoms with Gasteiger partial charge in [0.05, 0.1) is 6.54 Å². The zero-order valence-corrected chi connectivity index (χ0v) is 18.6. The number of hydrogen-bond donors (Lipinski definition) is 1. The van der Waals surface area contributed by atoms with Gasteiger partial charge in [0.1, 0.15) is 5.82 Å². The lowest BCUT2D eigenvalue weighted by Crippen LogP contribution is -2.55. The van der Waals surface area contributed by atoms with Gasteiger partial charge in [-0.2, -0.15) is 0 Å². The minimum Gasteiger partial charge on any atom is -0.357 e. The molecule has 7 nitrogen and oxygen atoms in total. The van der Waals surface area contributed by atoms with Crippen LogP contribution in [0, 0.1) is 6.92 Å². The van der Waals surface area contributed by atoms with Gasteiger partial charge in [-0.3, -0.25) is 9.79 Å². The molecular weight excluding hydrogens is 400 g/mol. The molecule has 2 aromatic rings. The molecule has 0 saturated carbocycles. The summed E-state index contributed by atoms with van der Waals surface area (Å²) in [6.07, 6.45) is 5.89. The third kappa shape index (κ3) is 6.23. The van der Waals surface area contributed by atoms with Gasteiger partial charge in [0.25, 0.3) is 0 Å². The number of amides is 1. The van der Waals surface area contributed by atoms with Crippen molar-refractivity contribution in [2.45, 2.75) is 39.8 Å². The predicted octanol–water partition coefficient (Wildman–Crippen LogP) is 2.94. The number of hydrogen-bond acceptors (Lipinski definition) is 3. The van der Waals surface area contributed by atoms with E-state index in [1.54, 1.807) is 0 Å². The Morgan fingerprint density at radius 3 is 2.70 bits per heavy atom.